The Balaban J connectivity index is 2.34. The predicted octanol–water partition coefficient (Wildman–Crippen LogP) is 4.04. The largest absolute Gasteiger partial charge is 0.479 e. The number of rotatable bonds is 8. The van der Waals surface area contributed by atoms with Gasteiger partial charge in [-0.3, -0.25) is 4.79 Å². The van der Waals surface area contributed by atoms with Crippen molar-refractivity contribution in [1.29, 1.82) is 0 Å². The third kappa shape index (κ3) is 5.80. The minimum atomic E-state index is -0.575. The molecule has 2 aromatic rings. The average Bonchev–Trinajstić information content (AvgIpc) is 3.02. The summed E-state index contributed by atoms with van der Waals surface area (Å²) in [6, 6.07) is 7.01. The number of hydrogen-bond donors (Lipinski definition) is 1. The maximum absolute atomic E-state index is 12.2. The molecule has 0 fully saturated rings. The summed E-state index contributed by atoms with van der Waals surface area (Å²) in [5.41, 5.74) is 1.31. The normalized spacial score (nSPS) is 10.6. The first-order valence-electron chi connectivity index (χ1n) is 8.88. The van der Waals surface area contributed by atoms with E-state index >= 15 is 0 Å². The van der Waals surface area contributed by atoms with Crippen LogP contribution in [0.25, 0.3) is 10.4 Å². The molecule has 1 heterocycles. The van der Waals surface area contributed by atoms with Gasteiger partial charge in [0.2, 0.25) is 0 Å². The van der Waals surface area contributed by atoms with Crippen LogP contribution in [0.5, 0.6) is 5.75 Å². The van der Waals surface area contributed by atoms with Gasteiger partial charge in [-0.25, -0.2) is 9.59 Å². The monoisotopic (exact) mass is 483 g/mol. The zero-order valence-electron chi connectivity index (χ0n) is 16.5. The highest BCUT2D eigenvalue weighted by Crippen LogP contribution is 2.45. The molecule has 0 bridgehead atoms. The molecular formula is C20H22BrNO6S. The molecule has 29 heavy (non-hydrogen) atoms. The lowest BCUT2D eigenvalue weighted by Gasteiger charge is -2.09. The lowest BCUT2D eigenvalue weighted by Crippen LogP contribution is -2.29. The van der Waals surface area contributed by atoms with E-state index < -0.39 is 11.9 Å². The molecule has 156 valence electrons. The molecule has 0 atom stereocenters. The Hall–Kier alpha value is -2.39. The molecule has 0 saturated heterocycles. The smallest absolute Gasteiger partial charge is 0.351 e. The van der Waals surface area contributed by atoms with Crippen molar-refractivity contribution >= 4 is 45.1 Å². The lowest BCUT2D eigenvalue weighted by atomic mass is 10.1. The molecule has 7 nitrogen and oxygen atoms in total. The number of hydrogen-bond acceptors (Lipinski definition) is 7. The molecule has 0 radical (unpaired) electrons. The molecule has 0 saturated carbocycles. The molecule has 0 aliphatic rings. The number of esters is 2. The van der Waals surface area contributed by atoms with E-state index in [1.54, 1.807) is 31.2 Å². The topological polar surface area (TPSA) is 90.9 Å². The Bertz CT molecular complexity index is 891. The van der Waals surface area contributed by atoms with E-state index in [1.807, 2.05) is 13.8 Å². The SMILES string of the molecule is CCOC(=O)COc1c(C(=O)OC)sc(-c2ccc(C(=O)NC(C)C)cc2)c1Br. The third-order valence-electron chi connectivity index (χ3n) is 3.65. The Morgan fingerprint density at radius 1 is 1.17 bits per heavy atom. The van der Waals surface area contributed by atoms with Crippen molar-refractivity contribution in [2.75, 3.05) is 20.3 Å². The number of carbonyl (C=O) groups is 3. The molecule has 0 aliphatic heterocycles. The summed E-state index contributed by atoms with van der Waals surface area (Å²) in [4.78, 5) is 36.8. The molecule has 0 spiro atoms. The number of nitrogens with one attached hydrogen (secondary N) is 1. The van der Waals surface area contributed by atoms with Crippen LogP contribution < -0.4 is 10.1 Å². The first-order valence-corrected chi connectivity index (χ1v) is 10.5. The first-order chi connectivity index (χ1) is 13.8. The van der Waals surface area contributed by atoms with Crippen LogP contribution in [-0.2, 0) is 14.3 Å². The molecule has 2 rings (SSSR count). The number of carbonyl (C=O) groups excluding carboxylic acids is 3. The summed E-state index contributed by atoms with van der Waals surface area (Å²) in [6.45, 7) is 5.38. The van der Waals surface area contributed by atoms with Gasteiger partial charge in [-0.2, -0.15) is 0 Å². The van der Waals surface area contributed by atoms with E-state index in [1.165, 1.54) is 7.11 Å². The average molecular weight is 484 g/mol. The second kappa shape index (κ2) is 10.4. The van der Waals surface area contributed by atoms with Crippen LogP contribution >= 0.6 is 27.3 Å². The van der Waals surface area contributed by atoms with Gasteiger partial charge >= 0.3 is 11.9 Å². The fourth-order valence-electron chi connectivity index (χ4n) is 2.39. The van der Waals surface area contributed by atoms with Crippen LogP contribution in [0.4, 0.5) is 0 Å². The highest BCUT2D eigenvalue weighted by Gasteiger charge is 2.25. The predicted molar refractivity (Wildman–Crippen MR) is 114 cm³/mol. The molecule has 0 aliphatic carbocycles. The number of amides is 1. The summed E-state index contributed by atoms with van der Waals surface area (Å²) >= 11 is 4.61. The van der Waals surface area contributed by atoms with Gasteiger partial charge in [-0.05, 0) is 54.4 Å². The second-order valence-electron chi connectivity index (χ2n) is 6.19. The van der Waals surface area contributed by atoms with Gasteiger partial charge in [-0.1, -0.05) is 12.1 Å². The van der Waals surface area contributed by atoms with Crippen molar-refractivity contribution in [3.8, 4) is 16.2 Å². The van der Waals surface area contributed by atoms with Gasteiger partial charge in [0.15, 0.2) is 17.2 Å². The Kier molecular flexibility index (Phi) is 8.21. The van der Waals surface area contributed by atoms with Crippen LogP contribution in [0.3, 0.4) is 0 Å². The van der Waals surface area contributed by atoms with Crippen LogP contribution in [0.1, 0.15) is 40.8 Å². The van der Waals surface area contributed by atoms with Crippen LogP contribution in [0.15, 0.2) is 28.7 Å². The zero-order chi connectivity index (χ0) is 21.6. The fourth-order valence-corrected chi connectivity index (χ4v) is 4.37. The molecule has 1 amide bonds. The van der Waals surface area contributed by atoms with E-state index in [4.69, 9.17) is 14.2 Å². The molecular weight excluding hydrogens is 462 g/mol. The number of benzene rings is 1. The maximum atomic E-state index is 12.2. The highest BCUT2D eigenvalue weighted by molar-refractivity contribution is 9.10. The van der Waals surface area contributed by atoms with Gasteiger partial charge in [0.05, 0.1) is 23.1 Å². The molecule has 1 aromatic carbocycles. The van der Waals surface area contributed by atoms with Gasteiger partial charge in [-0.15, -0.1) is 11.3 Å². The van der Waals surface area contributed by atoms with Crippen molar-refractivity contribution in [1.82, 2.24) is 5.32 Å². The van der Waals surface area contributed by atoms with Crippen molar-refractivity contribution in [3.63, 3.8) is 0 Å². The Labute approximate surface area is 181 Å². The standard InChI is InChI=1S/C20H22BrNO6S/c1-5-27-14(23)10-28-16-15(21)17(29-18(16)20(25)26-4)12-6-8-13(9-7-12)19(24)22-11(2)3/h6-9,11H,5,10H2,1-4H3,(H,22,24). The summed E-state index contributed by atoms with van der Waals surface area (Å²) in [7, 11) is 1.27. The van der Waals surface area contributed by atoms with Gasteiger partial charge in [0.25, 0.3) is 5.91 Å². The second-order valence-corrected chi connectivity index (χ2v) is 8.01. The van der Waals surface area contributed by atoms with Crippen LogP contribution in [-0.4, -0.2) is 44.2 Å². The molecule has 0 unspecified atom stereocenters. The van der Waals surface area contributed by atoms with Gasteiger partial charge < -0.3 is 19.5 Å². The zero-order valence-corrected chi connectivity index (χ0v) is 18.9. The van der Waals surface area contributed by atoms with Crippen molar-refractivity contribution in [3.05, 3.63) is 39.2 Å². The molecule has 1 N–H and O–H groups in total. The fraction of sp³-hybridized carbons (Fsp3) is 0.350. The quantitative estimate of drug-likeness (QED) is 0.569. The summed E-state index contributed by atoms with van der Waals surface area (Å²) in [5.74, 6) is -1.06. The van der Waals surface area contributed by atoms with Gasteiger partial charge in [0, 0.05) is 11.6 Å². The van der Waals surface area contributed by atoms with Crippen molar-refractivity contribution in [2.45, 2.75) is 26.8 Å². The number of methoxy groups -OCH3 is 1. The summed E-state index contributed by atoms with van der Waals surface area (Å²) < 4.78 is 15.7. The molecule has 1 aromatic heterocycles. The number of ether oxygens (including phenoxy) is 3. The minimum Gasteiger partial charge on any atom is -0.479 e. The summed E-state index contributed by atoms with van der Waals surface area (Å²) in [5, 5.41) is 2.83. The van der Waals surface area contributed by atoms with Gasteiger partial charge in [0.1, 0.15) is 0 Å². The summed E-state index contributed by atoms with van der Waals surface area (Å²) in [6.07, 6.45) is 0. The Morgan fingerprint density at radius 2 is 1.83 bits per heavy atom. The van der Waals surface area contributed by atoms with E-state index in [0.29, 0.717) is 14.9 Å². The molecule has 9 heteroatoms. The maximum Gasteiger partial charge on any atom is 0.351 e. The van der Waals surface area contributed by atoms with E-state index in [2.05, 4.69) is 21.2 Å². The minimum absolute atomic E-state index is 0.0373. The van der Waals surface area contributed by atoms with Crippen molar-refractivity contribution < 1.29 is 28.6 Å². The Morgan fingerprint density at radius 3 is 2.38 bits per heavy atom. The van der Waals surface area contributed by atoms with E-state index in [0.717, 1.165) is 16.9 Å². The first kappa shape index (κ1) is 22.9. The number of halogens is 1. The van der Waals surface area contributed by atoms with Crippen LogP contribution in [0, 0.1) is 0 Å². The van der Waals surface area contributed by atoms with E-state index in [9.17, 15) is 14.4 Å². The number of thiophene rings is 1. The van der Waals surface area contributed by atoms with Crippen LogP contribution in [0.2, 0.25) is 0 Å². The van der Waals surface area contributed by atoms with Crippen molar-refractivity contribution in [2.24, 2.45) is 0 Å². The lowest BCUT2D eigenvalue weighted by molar-refractivity contribution is -0.145. The third-order valence-corrected chi connectivity index (χ3v) is 5.87. The van der Waals surface area contributed by atoms with E-state index in [-0.39, 0.29) is 35.8 Å². The highest BCUT2D eigenvalue weighted by atomic mass is 79.9.